The molecule has 2 bridgehead atoms. The fraction of sp³-hybridized carbons (Fsp3) is 0.429. The Bertz CT molecular complexity index is 783. The Labute approximate surface area is 154 Å². The molecular formula is C21H25NO4. The molecule has 26 heavy (non-hydrogen) atoms. The van der Waals surface area contributed by atoms with Crippen molar-refractivity contribution in [3.05, 3.63) is 46.5 Å². The van der Waals surface area contributed by atoms with Crippen LogP contribution in [0.2, 0.25) is 0 Å². The summed E-state index contributed by atoms with van der Waals surface area (Å²) in [7, 11) is 6.74. The number of benzene rings is 2. The summed E-state index contributed by atoms with van der Waals surface area (Å²) >= 11 is 0. The summed E-state index contributed by atoms with van der Waals surface area (Å²) in [4.78, 5) is 2.51. The van der Waals surface area contributed by atoms with Gasteiger partial charge in [0.05, 0.1) is 28.4 Å². The van der Waals surface area contributed by atoms with E-state index in [9.17, 15) is 0 Å². The Kier molecular flexibility index (Phi) is 4.19. The monoisotopic (exact) mass is 355 g/mol. The van der Waals surface area contributed by atoms with E-state index in [1.807, 2.05) is 0 Å². The molecule has 2 aliphatic heterocycles. The average molecular weight is 355 g/mol. The number of hydrogen-bond donors (Lipinski definition) is 0. The highest BCUT2D eigenvalue weighted by molar-refractivity contribution is 5.57. The summed E-state index contributed by atoms with van der Waals surface area (Å²) < 4.78 is 22.1. The molecule has 0 aromatic heterocycles. The van der Waals surface area contributed by atoms with Gasteiger partial charge in [-0.15, -0.1) is 0 Å². The molecule has 0 amide bonds. The zero-order chi connectivity index (χ0) is 18.4. The van der Waals surface area contributed by atoms with E-state index in [2.05, 4.69) is 36.1 Å². The maximum Gasteiger partial charge on any atom is 0.161 e. The van der Waals surface area contributed by atoms with E-state index in [0.717, 1.165) is 36.1 Å². The number of nitrogens with zero attached hydrogens (tertiary/aromatic N) is 1. The molecule has 0 saturated carbocycles. The minimum absolute atomic E-state index is 0.266. The van der Waals surface area contributed by atoms with Crippen LogP contribution >= 0.6 is 0 Å². The van der Waals surface area contributed by atoms with E-state index in [0.29, 0.717) is 6.04 Å². The van der Waals surface area contributed by atoms with Gasteiger partial charge in [-0.2, -0.15) is 0 Å². The van der Waals surface area contributed by atoms with Gasteiger partial charge < -0.3 is 18.9 Å². The normalized spacial score (nSPS) is 22.9. The standard InChI is InChI=1S/C21H25NO4/c1-12-21-15-8-19(25-4)17(23-2)6-13(15)10-22(12)11-14-7-18(24-3)20(26-5)9-16(14)21/h6-9,12,21H,10-11H2,1-5H3/t12-/m1/s1. The molecule has 1 atom stereocenters. The highest BCUT2D eigenvalue weighted by Crippen LogP contribution is 2.49. The van der Waals surface area contributed by atoms with E-state index in [1.165, 1.54) is 22.3 Å². The van der Waals surface area contributed by atoms with Crippen LogP contribution in [0.15, 0.2) is 24.3 Å². The van der Waals surface area contributed by atoms with Crippen LogP contribution < -0.4 is 18.9 Å². The first-order valence-corrected chi connectivity index (χ1v) is 8.84. The van der Waals surface area contributed by atoms with Crippen molar-refractivity contribution in [1.29, 1.82) is 0 Å². The van der Waals surface area contributed by atoms with Crippen LogP contribution in [0.1, 0.15) is 35.1 Å². The van der Waals surface area contributed by atoms with Crippen LogP contribution in [-0.4, -0.2) is 39.4 Å². The van der Waals surface area contributed by atoms with Gasteiger partial charge in [0.1, 0.15) is 0 Å². The summed E-state index contributed by atoms with van der Waals surface area (Å²) in [6.45, 7) is 4.10. The molecular weight excluding hydrogens is 330 g/mol. The molecule has 2 aromatic carbocycles. The largest absolute Gasteiger partial charge is 0.493 e. The zero-order valence-corrected chi connectivity index (χ0v) is 16.0. The van der Waals surface area contributed by atoms with Gasteiger partial charge >= 0.3 is 0 Å². The molecule has 138 valence electrons. The van der Waals surface area contributed by atoms with Crippen LogP contribution in [0.4, 0.5) is 0 Å². The predicted molar refractivity (Wildman–Crippen MR) is 99.6 cm³/mol. The van der Waals surface area contributed by atoms with Crippen LogP contribution in [0.25, 0.3) is 0 Å². The van der Waals surface area contributed by atoms with Gasteiger partial charge in [0.25, 0.3) is 0 Å². The summed E-state index contributed by atoms with van der Waals surface area (Å²) in [6.07, 6.45) is 0. The quantitative estimate of drug-likeness (QED) is 0.838. The summed E-state index contributed by atoms with van der Waals surface area (Å²) in [5.41, 5.74) is 5.21. The lowest BCUT2D eigenvalue weighted by Gasteiger charge is -2.46. The maximum atomic E-state index is 5.56. The molecule has 5 nitrogen and oxygen atoms in total. The van der Waals surface area contributed by atoms with Crippen molar-refractivity contribution in [2.75, 3.05) is 28.4 Å². The lowest BCUT2D eigenvalue weighted by molar-refractivity contribution is 0.143. The van der Waals surface area contributed by atoms with Gasteiger partial charge in [0, 0.05) is 25.0 Å². The summed E-state index contributed by atoms with van der Waals surface area (Å²) in [5, 5.41) is 0. The molecule has 0 spiro atoms. The molecule has 0 fully saturated rings. The van der Waals surface area contributed by atoms with E-state index < -0.39 is 0 Å². The van der Waals surface area contributed by atoms with Crippen molar-refractivity contribution in [1.82, 2.24) is 4.90 Å². The fourth-order valence-electron chi connectivity index (χ4n) is 4.41. The lowest BCUT2D eigenvalue weighted by atomic mass is 9.74. The van der Waals surface area contributed by atoms with Gasteiger partial charge in [0.15, 0.2) is 23.0 Å². The fourth-order valence-corrected chi connectivity index (χ4v) is 4.41. The minimum atomic E-state index is 0.266. The topological polar surface area (TPSA) is 40.2 Å². The van der Waals surface area contributed by atoms with Gasteiger partial charge in [0.2, 0.25) is 0 Å². The Hall–Kier alpha value is -2.40. The van der Waals surface area contributed by atoms with Gasteiger partial charge in [-0.3, -0.25) is 4.90 Å². The van der Waals surface area contributed by atoms with Crippen molar-refractivity contribution in [3.8, 4) is 23.0 Å². The number of rotatable bonds is 4. The average Bonchev–Trinajstić information content (AvgIpc) is 2.66. The van der Waals surface area contributed by atoms with Crippen molar-refractivity contribution >= 4 is 0 Å². The first-order valence-electron chi connectivity index (χ1n) is 8.84. The summed E-state index contributed by atoms with van der Waals surface area (Å²) in [6, 6.07) is 8.92. The number of fused-ring (bicyclic) bond motifs is 6. The molecule has 5 heteroatoms. The molecule has 2 heterocycles. The van der Waals surface area contributed by atoms with Crippen molar-refractivity contribution in [2.45, 2.75) is 32.0 Å². The molecule has 0 N–H and O–H groups in total. The summed E-state index contributed by atoms with van der Waals surface area (Å²) in [5.74, 6) is 3.39. The van der Waals surface area contributed by atoms with Crippen molar-refractivity contribution in [2.24, 2.45) is 0 Å². The molecule has 0 aliphatic carbocycles. The van der Waals surface area contributed by atoms with Crippen LogP contribution in [0.3, 0.4) is 0 Å². The highest BCUT2D eigenvalue weighted by atomic mass is 16.5. The molecule has 0 radical (unpaired) electrons. The molecule has 0 saturated heterocycles. The van der Waals surface area contributed by atoms with Gasteiger partial charge in [-0.05, 0) is 53.4 Å². The Morgan fingerprint density at radius 1 is 0.692 bits per heavy atom. The number of ether oxygens (including phenoxy) is 4. The van der Waals surface area contributed by atoms with E-state index in [4.69, 9.17) is 18.9 Å². The zero-order valence-electron chi connectivity index (χ0n) is 16.0. The first-order chi connectivity index (χ1) is 12.6. The van der Waals surface area contributed by atoms with Crippen molar-refractivity contribution in [3.63, 3.8) is 0 Å². The Morgan fingerprint density at radius 3 is 1.46 bits per heavy atom. The second kappa shape index (κ2) is 6.40. The Balaban J connectivity index is 1.91. The van der Waals surface area contributed by atoms with E-state index in [1.54, 1.807) is 28.4 Å². The number of hydrogen-bond acceptors (Lipinski definition) is 5. The molecule has 2 aromatic rings. The van der Waals surface area contributed by atoms with Gasteiger partial charge in [-0.1, -0.05) is 0 Å². The number of methoxy groups -OCH3 is 4. The molecule has 4 rings (SSSR count). The lowest BCUT2D eigenvalue weighted by Crippen LogP contribution is -2.45. The SMILES string of the molecule is COc1cc2c(cc1OC)C1c3cc(OC)c(OC)cc3CN(C2)[C@@H]1C. The third kappa shape index (κ3) is 2.42. The Morgan fingerprint density at radius 2 is 1.08 bits per heavy atom. The first kappa shape index (κ1) is 17.0. The smallest absolute Gasteiger partial charge is 0.161 e. The highest BCUT2D eigenvalue weighted by Gasteiger charge is 2.39. The predicted octanol–water partition coefficient (Wildman–Crippen LogP) is 3.57. The van der Waals surface area contributed by atoms with E-state index >= 15 is 0 Å². The molecule has 0 unspecified atom stereocenters. The maximum absolute atomic E-state index is 5.56. The minimum Gasteiger partial charge on any atom is -0.493 e. The van der Waals surface area contributed by atoms with Crippen molar-refractivity contribution < 1.29 is 18.9 Å². The third-order valence-electron chi connectivity index (χ3n) is 5.77. The van der Waals surface area contributed by atoms with E-state index in [-0.39, 0.29) is 5.92 Å². The van der Waals surface area contributed by atoms with Crippen LogP contribution in [-0.2, 0) is 13.1 Å². The second-order valence-corrected chi connectivity index (χ2v) is 6.94. The van der Waals surface area contributed by atoms with Gasteiger partial charge in [-0.25, -0.2) is 0 Å². The van der Waals surface area contributed by atoms with Crippen LogP contribution in [0, 0.1) is 0 Å². The second-order valence-electron chi connectivity index (χ2n) is 6.94. The molecule has 2 aliphatic rings. The third-order valence-corrected chi connectivity index (χ3v) is 5.77. The van der Waals surface area contributed by atoms with Crippen LogP contribution in [0.5, 0.6) is 23.0 Å².